The molecule has 0 amide bonds. The van der Waals surface area contributed by atoms with Crippen molar-refractivity contribution in [2.75, 3.05) is 0 Å². The number of benzene rings is 1. The third kappa shape index (κ3) is 1.65. The fourth-order valence-electron chi connectivity index (χ4n) is 1.77. The molecule has 0 N–H and O–H groups in total. The Hall–Kier alpha value is -1.23. The predicted octanol–water partition coefficient (Wildman–Crippen LogP) is 3.55. The quantitative estimate of drug-likeness (QED) is 0.697. The van der Waals surface area contributed by atoms with E-state index in [1.807, 2.05) is 0 Å². The lowest BCUT2D eigenvalue weighted by Gasteiger charge is -2.09. The second-order valence-electron chi connectivity index (χ2n) is 3.56. The number of aromatic nitrogens is 2. The number of alkyl halides is 3. The summed E-state index contributed by atoms with van der Waals surface area (Å²) in [5, 5.41) is 4.46. The first kappa shape index (κ1) is 11.3. The first-order valence-corrected chi connectivity index (χ1v) is 4.88. The van der Waals surface area contributed by atoms with E-state index in [-0.39, 0.29) is 10.5 Å². The Morgan fingerprint density at radius 3 is 2.50 bits per heavy atom. The molecule has 1 aromatic heterocycles. The van der Waals surface area contributed by atoms with Gasteiger partial charge >= 0.3 is 6.18 Å². The van der Waals surface area contributed by atoms with Gasteiger partial charge in [-0.3, -0.25) is 4.68 Å². The summed E-state index contributed by atoms with van der Waals surface area (Å²) >= 11 is 5.67. The molecule has 0 unspecified atom stereocenters. The molecule has 0 saturated heterocycles. The molecule has 2 rings (SSSR count). The maximum Gasteiger partial charge on any atom is 0.418 e. The molecule has 0 aliphatic heterocycles. The van der Waals surface area contributed by atoms with Gasteiger partial charge in [-0.2, -0.15) is 18.3 Å². The van der Waals surface area contributed by atoms with Crippen molar-refractivity contribution in [3.63, 3.8) is 0 Å². The van der Waals surface area contributed by atoms with Crippen LogP contribution in [-0.2, 0) is 13.2 Å². The SMILES string of the molecule is Cc1nn(C)c2c(C(F)(F)F)cc(Cl)cc12. The Balaban J connectivity index is 2.92. The fourth-order valence-corrected chi connectivity index (χ4v) is 1.99. The molecule has 0 radical (unpaired) electrons. The molecule has 0 fully saturated rings. The summed E-state index contributed by atoms with van der Waals surface area (Å²) in [4.78, 5) is 0. The van der Waals surface area contributed by atoms with E-state index in [0.717, 1.165) is 6.07 Å². The van der Waals surface area contributed by atoms with Crippen LogP contribution in [-0.4, -0.2) is 9.78 Å². The molecular formula is C10H8ClF3N2. The number of hydrogen-bond donors (Lipinski definition) is 0. The van der Waals surface area contributed by atoms with Crippen molar-refractivity contribution in [1.82, 2.24) is 9.78 Å². The monoisotopic (exact) mass is 248 g/mol. The zero-order valence-corrected chi connectivity index (χ0v) is 9.32. The van der Waals surface area contributed by atoms with Crippen LogP contribution >= 0.6 is 11.6 Å². The maximum absolute atomic E-state index is 12.8. The highest BCUT2D eigenvalue weighted by Crippen LogP contribution is 2.37. The van der Waals surface area contributed by atoms with Gasteiger partial charge in [0.05, 0.1) is 16.8 Å². The molecule has 0 saturated carbocycles. The number of halogens is 4. The van der Waals surface area contributed by atoms with E-state index in [1.165, 1.54) is 17.8 Å². The average Bonchev–Trinajstić information content (AvgIpc) is 2.40. The molecule has 0 atom stereocenters. The van der Waals surface area contributed by atoms with E-state index in [1.54, 1.807) is 6.92 Å². The number of aryl methyl sites for hydroxylation is 2. The standard InChI is InChI=1S/C10H8ClF3N2/c1-5-7-3-6(11)4-8(10(12,13)14)9(7)16(2)15-5/h3-4H,1-2H3. The number of fused-ring (bicyclic) bond motifs is 1. The smallest absolute Gasteiger partial charge is 0.267 e. The van der Waals surface area contributed by atoms with Crippen molar-refractivity contribution in [2.24, 2.45) is 7.05 Å². The third-order valence-corrected chi connectivity index (χ3v) is 2.61. The van der Waals surface area contributed by atoms with Crippen LogP contribution in [0.25, 0.3) is 10.9 Å². The predicted molar refractivity (Wildman–Crippen MR) is 55.5 cm³/mol. The molecule has 2 nitrogen and oxygen atoms in total. The first-order valence-electron chi connectivity index (χ1n) is 4.51. The maximum atomic E-state index is 12.8. The minimum Gasteiger partial charge on any atom is -0.267 e. The van der Waals surface area contributed by atoms with Crippen molar-refractivity contribution in [2.45, 2.75) is 13.1 Å². The van der Waals surface area contributed by atoms with Gasteiger partial charge in [0.25, 0.3) is 0 Å². The minimum atomic E-state index is -4.43. The third-order valence-electron chi connectivity index (χ3n) is 2.39. The molecule has 6 heteroatoms. The van der Waals surface area contributed by atoms with Crippen LogP contribution in [0.3, 0.4) is 0 Å². The molecule has 16 heavy (non-hydrogen) atoms. The lowest BCUT2D eigenvalue weighted by molar-refractivity contribution is -0.136. The Morgan fingerprint density at radius 2 is 1.94 bits per heavy atom. The van der Waals surface area contributed by atoms with Gasteiger partial charge in [-0.1, -0.05) is 11.6 Å². The van der Waals surface area contributed by atoms with Gasteiger partial charge in [-0.15, -0.1) is 0 Å². The lowest BCUT2D eigenvalue weighted by Crippen LogP contribution is -2.08. The van der Waals surface area contributed by atoms with Gasteiger partial charge in [0, 0.05) is 17.5 Å². The van der Waals surface area contributed by atoms with Crippen LogP contribution in [0.2, 0.25) is 5.02 Å². The van der Waals surface area contributed by atoms with E-state index in [4.69, 9.17) is 11.6 Å². The summed E-state index contributed by atoms with van der Waals surface area (Å²) in [6, 6.07) is 2.42. The van der Waals surface area contributed by atoms with Crippen LogP contribution in [0, 0.1) is 6.92 Å². The molecule has 0 spiro atoms. The zero-order chi connectivity index (χ0) is 12.1. The van der Waals surface area contributed by atoms with E-state index in [9.17, 15) is 13.2 Å². The topological polar surface area (TPSA) is 17.8 Å². The van der Waals surface area contributed by atoms with Gasteiger partial charge in [-0.25, -0.2) is 0 Å². The second-order valence-corrected chi connectivity index (χ2v) is 3.99. The largest absolute Gasteiger partial charge is 0.418 e. The van der Waals surface area contributed by atoms with Crippen molar-refractivity contribution in [1.29, 1.82) is 0 Å². The summed E-state index contributed by atoms with van der Waals surface area (Å²) in [6.45, 7) is 1.65. The summed E-state index contributed by atoms with van der Waals surface area (Å²) in [6.07, 6.45) is -4.43. The van der Waals surface area contributed by atoms with Crippen LogP contribution in [0.15, 0.2) is 12.1 Å². The van der Waals surface area contributed by atoms with Crippen molar-refractivity contribution >= 4 is 22.5 Å². The fraction of sp³-hybridized carbons (Fsp3) is 0.300. The number of rotatable bonds is 0. The molecule has 2 aromatic rings. The highest BCUT2D eigenvalue weighted by atomic mass is 35.5. The highest BCUT2D eigenvalue weighted by molar-refractivity contribution is 6.31. The van der Waals surface area contributed by atoms with Gasteiger partial charge in [0.15, 0.2) is 0 Å². The molecular weight excluding hydrogens is 241 g/mol. The second kappa shape index (κ2) is 3.38. The van der Waals surface area contributed by atoms with E-state index in [0.29, 0.717) is 11.1 Å². The van der Waals surface area contributed by atoms with Gasteiger partial charge in [0.2, 0.25) is 0 Å². The number of hydrogen-bond acceptors (Lipinski definition) is 1. The molecule has 1 heterocycles. The first-order chi connectivity index (χ1) is 7.30. The van der Waals surface area contributed by atoms with E-state index in [2.05, 4.69) is 5.10 Å². The molecule has 0 bridgehead atoms. The normalized spacial score (nSPS) is 12.4. The van der Waals surface area contributed by atoms with Gasteiger partial charge in [-0.05, 0) is 19.1 Å². The summed E-state index contributed by atoms with van der Waals surface area (Å²) in [5.41, 5.74) is -0.155. The van der Waals surface area contributed by atoms with Crippen LogP contribution < -0.4 is 0 Å². The number of nitrogens with zero attached hydrogens (tertiary/aromatic N) is 2. The Morgan fingerprint density at radius 1 is 1.31 bits per heavy atom. The Labute approximate surface area is 94.6 Å². The van der Waals surface area contributed by atoms with Gasteiger partial charge < -0.3 is 0 Å². The molecule has 0 aliphatic carbocycles. The van der Waals surface area contributed by atoms with Crippen molar-refractivity contribution in [3.05, 3.63) is 28.4 Å². The molecule has 0 aliphatic rings. The highest BCUT2D eigenvalue weighted by Gasteiger charge is 2.34. The zero-order valence-electron chi connectivity index (χ0n) is 8.56. The summed E-state index contributed by atoms with van der Waals surface area (Å²) in [7, 11) is 1.48. The minimum absolute atomic E-state index is 0.0643. The van der Waals surface area contributed by atoms with Crippen LogP contribution in [0.5, 0.6) is 0 Å². The van der Waals surface area contributed by atoms with Crippen molar-refractivity contribution in [3.8, 4) is 0 Å². The molecule has 1 aromatic carbocycles. The molecule has 86 valence electrons. The van der Waals surface area contributed by atoms with Crippen LogP contribution in [0.1, 0.15) is 11.3 Å². The summed E-state index contributed by atoms with van der Waals surface area (Å²) < 4.78 is 39.6. The lowest BCUT2D eigenvalue weighted by atomic mass is 10.1. The average molecular weight is 249 g/mol. The van der Waals surface area contributed by atoms with Crippen molar-refractivity contribution < 1.29 is 13.2 Å². The Kier molecular flexibility index (Phi) is 2.38. The summed E-state index contributed by atoms with van der Waals surface area (Å²) in [5.74, 6) is 0. The van der Waals surface area contributed by atoms with E-state index < -0.39 is 11.7 Å². The van der Waals surface area contributed by atoms with Gasteiger partial charge in [0.1, 0.15) is 0 Å². The van der Waals surface area contributed by atoms with Crippen LogP contribution in [0.4, 0.5) is 13.2 Å². The van der Waals surface area contributed by atoms with E-state index >= 15 is 0 Å². The Bertz CT molecular complexity index is 557.